The zero-order chi connectivity index (χ0) is 16.2. The summed E-state index contributed by atoms with van der Waals surface area (Å²) >= 11 is 0. The summed E-state index contributed by atoms with van der Waals surface area (Å²) in [5, 5.41) is 0. The van der Waals surface area contributed by atoms with E-state index in [4.69, 9.17) is 4.98 Å². The summed E-state index contributed by atoms with van der Waals surface area (Å²) in [5.41, 5.74) is 0. The molecule has 0 saturated carbocycles. The predicted octanol–water partition coefficient (Wildman–Crippen LogP) is 1.83. The van der Waals surface area contributed by atoms with Gasteiger partial charge in [-0.25, -0.2) is 9.97 Å². The van der Waals surface area contributed by atoms with E-state index in [1.807, 2.05) is 11.8 Å². The maximum absolute atomic E-state index is 10.9. The fourth-order valence-corrected chi connectivity index (χ4v) is 3.63. The number of aromatic nitrogens is 2. The third kappa shape index (κ3) is 3.57. The molecule has 23 heavy (non-hydrogen) atoms. The van der Waals surface area contributed by atoms with Crippen LogP contribution in [0.4, 0.5) is 11.6 Å². The largest absolute Gasteiger partial charge is 0.353 e. The van der Waals surface area contributed by atoms with Crippen molar-refractivity contribution in [2.75, 3.05) is 42.5 Å². The van der Waals surface area contributed by atoms with Crippen molar-refractivity contribution in [2.45, 2.75) is 45.6 Å². The molecule has 0 bridgehead atoms. The highest BCUT2D eigenvalue weighted by molar-refractivity contribution is 5.53. The number of rotatable bonds is 4. The molecule has 2 fully saturated rings. The third-order valence-corrected chi connectivity index (χ3v) is 4.99. The van der Waals surface area contributed by atoms with Gasteiger partial charge in [0, 0.05) is 44.8 Å². The Bertz CT molecular complexity index is 542. The quantitative estimate of drug-likeness (QED) is 0.793. The van der Waals surface area contributed by atoms with Gasteiger partial charge < -0.3 is 14.7 Å². The molecule has 1 aromatic heterocycles. The van der Waals surface area contributed by atoms with Gasteiger partial charge in [0.2, 0.25) is 6.41 Å². The second-order valence-electron chi connectivity index (χ2n) is 6.51. The summed E-state index contributed by atoms with van der Waals surface area (Å²) in [6, 6.07) is 2.73. The number of hydrogen-bond acceptors (Lipinski definition) is 5. The Morgan fingerprint density at radius 1 is 1.13 bits per heavy atom. The lowest BCUT2D eigenvalue weighted by Gasteiger charge is -2.37. The van der Waals surface area contributed by atoms with Crippen LogP contribution >= 0.6 is 0 Å². The zero-order valence-electron chi connectivity index (χ0n) is 14.2. The van der Waals surface area contributed by atoms with Gasteiger partial charge >= 0.3 is 0 Å². The van der Waals surface area contributed by atoms with Gasteiger partial charge in [-0.2, -0.15) is 0 Å². The number of piperazine rings is 1. The highest BCUT2D eigenvalue weighted by Crippen LogP contribution is 2.27. The van der Waals surface area contributed by atoms with E-state index in [9.17, 15) is 4.79 Å². The van der Waals surface area contributed by atoms with Crippen molar-refractivity contribution in [3.8, 4) is 0 Å². The van der Waals surface area contributed by atoms with Crippen LogP contribution in [0.2, 0.25) is 0 Å². The lowest BCUT2D eigenvalue weighted by Crippen LogP contribution is -2.46. The molecule has 0 aliphatic carbocycles. The number of anilines is 2. The van der Waals surface area contributed by atoms with Gasteiger partial charge in [-0.15, -0.1) is 0 Å². The van der Waals surface area contributed by atoms with Crippen LogP contribution in [0.1, 0.15) is 38.4 Å². The molecule has 126 valence electrons. The first kappa shape index (κ1) is 16.0. The summed E-state index contributed by atoms with van der Waals surface area (Å²) in [6.07, 6.45) is 5.92. The molecule has 6 heteroatoms. The Hall–Kier alpha value is -1.85. The summed E-state index contributed by atoms with van der Waals surface area (Å²) in [4.78, 5) is 26.8. The van der Waals surface area contributed by atoms with E-state index >= 15 is 0 Å². The van der Waals surface area contributed by atoms with Crippen LogP contribution < -0.4 is 9.80 Å². The maximum Gasteiger partial charge on any atom is 0.209 e. The molecule has 0 radical (unpaired) electrons. The molecule has 3 rings (SSSR count). The molecule has 1 amide bonds. The SMILES string of the molecule is CCC1CCCCN1c1cc(N2CCN(C=O)CC2)nc(C)n1. The van der Waals surface area contributed by atoms with Gasteiger partial charge in [0.1, 0.15) is 17.5 Å². The fraction of sp³-hybridized carbons (Fsp3) is 0.706. The van der Waals surface area contributed by atoms with E-state index in [0.717, 1.165) is 63.0 Å². The minimum Gasteiger partial charge on any atom is -0.353 e. The summed E-state index contributed by atoms with van der Waals surface area (Å²) in [5.74, 6) is 2.89. The monoisotopic (exact) mass is 317 g/mol. The average molecular weight is 317 g/mol. The first-order valence-electron chi connectivity index (χ1n) is 8.78. The van der Waals surface area contributed by atoms with Crippen molar-refractivity contribution in [3.05, 3.63) is 11.9 Å². The lowest BCUT2D eigenvalue weighted by molar-refractivity contribution is -0.118. The Morgan fingerprint density at radius 3 is 2.57 bits per heavy atom. The van der Waals surface area contributed by atoms with Gasteiger partial charge in [-0.05, 0) is 32.6 Å². The highest BCUT2D eigenvalue weighted by atomic mass is 16.1. The number of aryl methyl sites for hydroxylation is 1. The van der Waals surface area contributed by atoms with Gasteiger partial charge in [0.25, 0.3) is 0 Å². The maximum atomic E-state index is 10.9. The van der Waals surface area contributed by atoms with E-state index in [2.05, 4.69) is 27.8 Å². The zero-order valence-corrected chi connectivity index (χ0v) is 14.2. The van der Waals surface area contributed by atoms with Gasteiger partial charge in [-0.1, -0.05) is 6.92 Å². The van der Waals surface area contributed by atoms with Gasteiger partial charge in [0.15, 0.2) is 0 Å². The number of nitrogens with zero attached hydrogens (tertiary/aromatic N) is 5. The number of carbonyl (C=O) groups is 1. The topological polar surface area (TPSA) is 52.6 Å². The molecule has 3 heterocycles. The second kappa shape index (κ2) is 7.15. The van der Waals surface area contributed by atoms with Crippen LogP contribution in [0.3, 0.4) is 0 Å². The number of carbonyl (C=O) groups excluding carboxylic acids is 1. The van der Waals surface area contributed by atoms with Crippen LogP contribution in [0, 0.1) is 6.92 Å². The first-order valence-corrected chi connectivity index (χ1v) is 8.78. The smallest absolute Gasteiger partial charge is 0.209 e. The average Bonchev–Trinajstić information content (AvgIpc) is 2.61. The van der Waals surface area contributed by atoms with Gasteiger partial charge in [0.05, 0.1) is 0 Å². The van der Waals surface area contributed by atoms with Crippen molar-refractivity contribution in [2.24, 2.45) is 0 Å². The second-order valence-corrected chi connectivity index (χ2v) is 6.51. The summed E-state index contributed by atoms with van der Waals surface area (Å²) < 4.78 is 0. The van der Waals surface area contributed by atoms with Crippen molar-refractivity contribution in [3.63, 3.8) is 0 Å². The molecule has 1 atom stereocenters. The molecule has 2 saturated heterocycles. The Kier molecular flexibility index (Phi) is 4.98. The Balaban J connectivity index is 1.80. The van der Waals surface area contributed by atoms with Crippen LogP contribution in [-0.4, -0.2) is 60.0 Å². The fourth-order valence-electron chi connectivity index (χ4n) is 3.63. The van der Waals surface area contributed by atoms with Crippen LogP contribution in [-0.2, 0) is 4.79 Å². The molecule has 2 aliphatic rings. The Morgan fingerprint density at radius 2 is 1.87 bits per heavy atom. The summed E-state index contributed by atoms with van der Waals surface area (Å²) in [6.45, 7) is 8.54. The molecule has 2 aliphatic heterocycles. The standard InChI is InChI=1S/C17H27N5O/c1-3-15-6-4-5-7-22(15)17-12-16(18-14(2)19-17)21-10-8-20(13-23)9-11-21/h12-13,15H,3-11H2,1-2H3. The molecule has 1 aromatic rings. The molecule has 6 nitrogen and oxygen atoms in total. The van der Waals surface area contributed by atoms with Crippen molar-refractivity contribution >= 4 is 18.0 Å². The normalized spacial score (nSPS) is 22.3. The minimum absolute atomic E-state index is 0.595. The van der Waals surface area contributed by atoms with E-state index in [0.29, 0.717) is 6.04 Å². The molecular formula is C17H27N5O. The van der Waals surface area contributed by atoms with E-state index in [-0.39, 0.29) is 0 Å². The van der Waals surface area contributed by atoms with Gasteiger partial charge in [-0.3, -0.25) is 4.79 Å². The molecule has 1 unspecified atom stereocenters. The molecule has 0 aromatic carbocycles. The van der Waals surface area contributed by atoms with Crippen LogP contribution in [0.15, 0.2) is 6.07 Å². The number of piperidine rings is 1. The molecule has 0 N–H and O–H groups in total. The minimum atomic E-state index is 0.595. The van der Waals surface area contributed by atoms with E-state index in [1.54, 1.807) is 0 Å². The first-order chi connectivity index (χ1) is 11.2. The van der Waals surface area contributed by atoms with Crippen molar-refractivity contribution < 1.29 is 4.79 Å². The van der Waals surface area contributed by atoms with Crippen LogP contribution in [0.25, 0.3) is 0 Å². The van der Waals surface area contributed by atoms with E-state index in [1.165, 1.54) is 19.3 Å². The number of amides is 1. The van der Waals surface area contributed by atoms with E-state index < -0.39 is 0 Å². The van der Waals surface area contributed by atoms with Crippen molar-refractivity contribution in [1.82, 2.24) is 14.9 Å². The Labute approximate surface area is 138 Å². The van der Waals surface area contributed by atoms with Crippen LogP contribution in [0.5, 0.6) is 0 Å². The lowest BCUT2D eigenvalue weighted by atomic mass is 10.00. The highest BCUT2D eigenvalue weighted by Gasteiger charge is 2.24. The van der Waals surface area contributed by atoms with Crippen molar-refractivity contribution in [1.29, 1.82) is 0 Å². The molecular weight excluding hydrogens is 290 g/mol. The molecule has 0 spiro atoms. The third-order valence-electron chi connectivity index (χ3n) is 4.99. The number of hydrogen-bond donors (Lipinski definition) is 0. The predicted molar refractivity (Wildman–Crippen MR) is 91.9 cm³/mol. The summed E-state index contributed by atoms with van der Waals surface area (Å²) in [7, 11) is 0.